The van der Waals surface area contributed by atoms with Gasteiger partial charge in [-0.15, -0.1) is 0 Å². The van der Waals surface area contributed by atoms with Crippen LogP contribution in [-0.2, 0) is 4.74 Å². The van der Waals surface area contributed by atoms with E-state index in [0.29, 0.717) is 23.8 Å². The molecule has 1 aromatic carbocycles. The molecule has 0 aliphatic rings. The van der Waals surface area contributed by atoms with Gasteiger partial charge in [-0.2, -0.15) is 0 Å². The molecule has 0 radical (unpaired) electrons. The summed E-state index contributed by atoms with van der Waals surface area (Å²) in [6.45, 7) is 6.65. The van der Waals surface area contributed by atoms with Gasteiger partial charge in [0.25, 0.3) is 0 Å². The Kier molecular flexibility index (Phi) is 4.35. The molecule has 0 N–H and O–H groups in total. The van der Waals surface area contributed by atoms with Crippen LogP contribution in [0.2, 0.25) is 0 Å². The number of benzene rings is 1. The Morgan fingerprint density at radius 1 is 1.31 bits per heavy atom. The first kappa shape index (κ1) is 12.6. The molecule has 0 spiro atoms. The minimum absolute atomic E-state index is 0.330. The van der Waals surface area contributed by atoms with Gasteiger partial charge in [-0.1, -0.05) is 13.8 Å². The zero-order chi connectivity index (χ0) is 12.1. The van der Waals surface area contributed by atoms with Crippen LogP contribution in [0.3, 0.4) is 0 Å². The zero-order valence-corrected chi connectivity index (χ0v) is 10.2. The topological polar surface area (TPSA) is 35.5 Å². The molecule has 1 rings (SSSR count). The van der Waals surface area contributed by atoms with Crippen molar-refractivity contribution in [1.29, 1.82) is 0 Å². The quantitative estimate of drug-likeness (QED) is 0.735. The lowest BCUT2D eigenvalue weighted by Crippen LogP contribution is -2.04. The van der Waals surface area contributed by atoms with E-state index in [1.807, 2.05) is 19.1 Å². The fraction of sp³-hybridized carbons (Fsp3) is 0.462. The molecular formula is C13H18O3. The standard InChI is InChI=1S/C13H18O3/c1-5-16-12-7-10(9(2)3)6-11(8-12)13(14)15-4/h6-9H,5H2,1-4H3. The van der Waals surface area contributed by atoms with Crippen molar-refractivity contribution in [2.75, 3.05) is 13.7 Å². The predicted molar refractivity (Wildman–Crippen MR) is 63.0 cm³/mol. The van der Waals surface area contributed by atoms with Crippen LogP contribution in [0.4, 0.5) is 0 Å². The molecular weight excluding hydrogens is 204 g/mol. The van der Waals surface area contributed by atoms with E-state index in [1.165, 1.54) is 7.11 Å². The van der Waals surface area contributed by atoms with Crippen LogP contribution in [0.5, 0.6) is 5.75 Å². The van der Waals surface area contributed by atoms with Gasteiger partial charge in [0, 0.05) is 0 Å². The molecule has 3 heteroatoms. The summed E-state index contributed by atoms with van der Waals surface area (Å²) in [5.41, 5.74) is 1.61. The minimum Gasteiger partial charge on any atom is -0.494 e. The number of esters is 1. The van der Waals surface area contributed by atoms with Crippen LogP contribution in [0.1, 0.15) is 42.6 Å². The summed E-state index contributed by atoms with van der Waals surface area (Å²) < 4.78 is 10.1. The van der Waals surface area contributed by atoms with E-state index in [0.717, 1.165) is 5.56 Å². The first-order valence-electron chi connectivity index (χ1n) is 5.44. The Bertz CT molecular complexity index is 369. The Morgan fingerprint density at radius 3 is 2.50 bits per heavy atom. The summed E-state index contributed by atoms with van der Waals surface area (Å²) in [5.74, 6) is 0.737. The lowest BCUT2D eigenvalue weighted by Gasteiger charge is -2.11. The fourth-order valence-corrected chi connectivity index (χ4v) is 1.44. The Hall–Kier alpha value is -1.51. The third-order valence-corrected chi connectivity index (χ3v) is 2.33. The number of carbonyl (C=O) groups excluding carboxylic acids is 1. The van der Waals surface area contributed by atoms with Crippen LogP contribution in [0, 0.1) is 0 Å². The van der Waals surface area contributed by atoms with Gasteiger partial charge in [0.15, 0.2) is 0 Å². The van der Waals surface area contributed by atoms with Crippen molar-refractivity contribution in [2.45, 2.75) is 26.7 Å². The third-order valence-electron chi connectivity index (χ3n) is 2.33. The van der Waals surface area contributed by atoms with Crippen molar-refractivity contribution in [3.63, 3.8) is 0 Å². The number of methoxy groups -OCH3 is 1. The summed E-state index contributed by atoms with van der Waals surface area (Å²) in [5, 5.41) is 0. The molecule has 3 nitrogen and oxygen atoms in total. The van der Waals surface area contributed by atoms with Gasteiger partial charge in [0.05, 0.1) is 19.3 Å². The minimum atomic E-state index is -0.330. The number of hydrogen-bond acceptors (Lipinski definition) is 3. The monoisotopic (exact) mass is 222 g/mol. The van der Waals surface area contributed by atoms with Gasteiger partial charge in [-0.05, 0) is 36.6 Å². The highest BCUT2D eigenvalue weighted by Gasteiger charge is 2.11. The van der Waals surface area contributed by atoms with Crippen LogP contribution in [0.15, 0.2) is 18.2 Å². The first-order chi connectivity index (χ1) is 7.58. The van der Waals surface area contributed by atoms with E-state index in [2.05, 4.69) is 13.8 Å². The molecule has 0 amide bonds. The molecule has 0 aliphatic carbocycles. The second-order valence-corrected chi connectivity index (χ2v) is 3.87. The Labute approximate surface area is 96.4 Å². The Balaban J connectivity index is 3.13. The highest BCUT2D eigenvalue weighted by atomic mass is 16.5. The van der Waals surface area contributed by atoms with E-state index < -0.39 is 0 Å². The summed E-state index contributed by atoms with van der Waals surface area (Å²) in [6, 6.07) is 5.51. The molecule has 0 aromatic heterocycles. The van der Waals surface area contributed by atoms with Gasteiger partial charge < -0.3 is 9.47 Å². The summed E-state index contributed by atoms with van der Waals surface area (Å²) in [4.78, 5) is 11.5. The lowest BCUT2D eigenvalue weighted by atomic mass is 10.0. The number of ether oxygens (including phenoxy) is 2. The summed E-state index contributed by atoms with van der Waals surface area (Å²) in [6.07, 6.45) is 0. The Morgan fingerprint density at radius 2 is 2.00 bits per heavy atom. The van der Waals surface area contributed by atoms with Gasteiger partial charge in [0.2, 0.25) is 0 Å². The number of carbonyl (C=O) groups is 1. The number of rotatable bonds is 4. The molecule has 0 heterocycles. The highest BCUT2D eigenvalue weighted by Crippen LogP contribution is 2.23. The van der Waals surface area contributed by atoms with Crippen molar-refractivity contribution < 1.29 is 14.3 Å². The largest absolute Gasteiger partial charge is 0.494 e. The van der Waals surface area contributed by atoms with Crippen LogP contribution >= 0.6 is 0 Å². The predicted octanol–water partition coefficient (Wildman–Crippen LogP) is 3.00. The van der Waals surface area contributed by atoms with Gasteiger partial charge in [-0.25, -0.2) is 4.79 Å². The molecule has 0 bridgehead atoms. The first-order valence-corrected chi connectivity index (χ1v) is 5.44. The van der Waals surface area contributed by atoms with Crippen LogP contribution in [0.25, 0.3) is 0 Å². The van der Waals surface area contributed by atoms with Crippen molar-refractivity contribution in [3.8, 4) is 5.75 Å². The van der Waals surface area contributed by atoms with E-state index in [4.69, 9.17) is 9.47 Å². The second-order valence-electron chi connectivity index (χ2n) is 3.87. The van der Waals surface area contributed by atoms with Gasteiger partial charge in [-0.3, -0.25) is 0 Å². The van der Waals surface area contributed by atoms with E-state index in [1.54, 1.807) is 6.07 Å². The lowest BCUT2D eigenvalue weighted by molar-refractivity contribution is 0.0600. The molecule has 0 fully saturated rings. The second kappa shape index (κ2) is 5.54. The average molecular weight is 222 g/mol. The maximum absolute atomic E-state index is 11.5. The summed E-state index contributed by atoms with van der Waals surface area (Å²) in [7, 11) is 1.38. The van der Waals surface area contributed by atoms with Gasteiger partial charge >= 0.3 is 5.97 Å². The molecule has 16 heavy (non-hydrogen) atoms. The summed E-state index contributed by atoms with van der Waals surface area (Å²) >= 11 is 0. The molecule has 88 valence electrons. The molecule has 0 atom stereocenters. The maximum atomic E-state index is 11.5. The van der Waals surface area contributed by atoms with Crippen molar-refractivity contribution in [3.05, 3.63) is 29.3 Å². The van der Waals surface area contributed by atoms with Gasteiger partial charge in [0.1, 0.15) is 5.75 Å². The SMILES string of the molecule is CCOc1cc(C(=O)OC)cc(C(C)C)c1. The molecule has 0 aliphatic heterocycles. The molecule has 1 aromatic rings. The van der Waals surface area contributed by atoms with E-state index in [9.17, 15) is 4.79 Å². The van der Waals surface area contributed by atoms with Crippen molar-refractivity contribution in [1.82, 2.24) is 0 Å². The zero-order valence-electron chi connectivity index (χ0n) is 10.2. The highest BCUT2D eigenvalue weighted by molar-refractivity contribution is 5.90. The van der Waals surface area contributed by atoms with Crippen LogP contribution < -0.4 is 4.74 Å². The average Bonchev–Trinajstić information content (AvgIpc) is 2.28. The van der Waals surface area contributed by atoms with E-state index in [-0.39, 0.29) is 5.97 Å². The normalized spacial score (nSPS) is 10.3. The van der Waals surface area contributed by atoms with Crippen molar-refractivity contribution >= 4 is 5.97 Å². The molecule has 0 unspecified atom stereocenters. The van der Waals surface area contributed by atoms with Crippen LogP contribution in [-0.4, -0.2) is 19.7 Å². The smallest absolute Gasteiger partial charge is 0.337 e. The molecule has 0 saturated heterocycles. The molecule has 0 saturated carbocycles. The maximum Gasteiger partial charge on any atom is 0.337 e. The third kappa shape index (κ3) is 2.99. The number of hydrogen-bond donors (Lipinski definition) is 0. The van der Waals surface area contributed by atoms with E-state index >= 15 is 0 Å². The van der Waals surface area contributed by atoms with Crippen molar-refractivity contribution in [2.24, 2.45) is 0 Å². The fourth-order valence-electron chi connectivity index (χ4n) is 1.44.